The van der Waals surface area contributed by atoms with Gasteiger partial charge in [0.05, 0.1) is 11.5 Å². The third-order valence-corrected chi connectivity index (χ3v) is 4.99. The SMILES string of the molecule is CC1CCS(=O)(=O)CC(c2ccc(Cl)cc2)N1. The predicted molar refractivity (Wildman–Crippen MR) is 70.1 cm³/mol. The van der Waals surface area contributed by atoms with Gasteiger partial charge in [0.2, 0.25) is 0 Å². The molecule has 3 nitrogen and oxygen atoms in total. The van der Waals surface area contributed by atoms with E-state index >= 15 is 0 Å². The lowest BCUT2D eigenvalue weighted by Crippen LogP contribution is -2.30. The number of halogens is 1. The summed E-state index contributed by atoms with van der Waals surface area (Å²) in [6, 6.07) is 7.44. The highest BCUT2D eigenvalue weighted by molar-refractivity contribution is 7.91. The van der Waals surface area contributed by atoms with Gasteiger partial charge in [0.25, 0.3) is 0 Å². The molecule has 1 heterocycles. The summed E-state index contributed by atoms with van der Waals surface area (Å²) in [6.07, 6.45) is 0.673. The van der Waals surface area contributed by atoms with E-state index in [1.807, 2.05) is 19.1 Å². The standard InChI is InChI=1S/C12H16ClNO2S/c1-9-6-7-17(15,16)8-12(14-9)10-2-4-11(13)5-3-10/h2-5,9,12,14H,6-8H2,1H3. The molecule has 1 aromatic carbocycles. The predicted octanol–water partition coefficient (Wildman–Crippen LogP) is 2.18. The lowest BCUT2D eigenvalue weighted by molar-refractivity contribution is 0.484. The minimum Gasteiger partial charge on any atom is -0.307 e. The third kappa shape index (κ3) is 3.44. The van der Waals surface area contributed by atoms with E-state index in [4.69, 9.17) is 11.6 Å². The summed E-state index contributed by atoms with van der Waals surface area (Å²) < 4.78 is 23.6. The van der Waals surface area contributed by atoms with Crippen LogP contribution in [-0.2, 0) is 9.84 Å². The summed E-state index contributed by atoms with van der Waals surface area (Å²) in [5.74, 6) is 0.435. The van der Waals surface area contributed by atoms with Crippen LogP contribution in [0.1, 0.15) is 24.9 Å². The first kappa shape index (κ1) is 12.9. The molecule has 94 valence electrons. The van der Waals surface area contributed by atoms with Crippen molar-refractivity contribution in [2.24, 2.45) is 0 Å². The molecular weight excluding hydrogens is 258 g/mol. The van der Waals surface area contributed by atoms with Crippen molar-refractivity contribution in [3.63, 3.8) is 0 Å². The molecule has 0 bridgehead atoms. The van der Waals surface area contributed by atoms with E-state index in [0.717, 1.165) is 5.56 Å². The Kier molecular flexibility index (Phi) is 3.76. The van der Waals surface area contributed by atoms with Crippen LogP contribution in [0.5, 0.6) is 0 Å². The van der Waals surface area contributed by atoms with Crippen molar-refractivity contribution in [3.05, 3.63) is 34.9 Å². The Labute approximate surface area is 107 Å². The molecular formula is C12H16ClNO2S. The van der Waals surface area contributed by atoms with Gasteiger partial charge in [-0.25, -0.2) is 8.42 Å². The summed E-state index contributed by atoms with van der Waals surface area (Å²) in [6.45, 7) is 2.02. The zero-order valence-electron chi connectivity index (χ0n) is 9.69. The molecule has 0 spiro atoms. The molecule has 1 aliphatic rings. The number of hydrogen-bond acceptors (Lipinski definition) is 3. The number of nitrogens with one attached hydrogen (secondary N) is 1. The number of rotatable bonds is 1. The maximum Gasteiger partial charge on any atom is 0.152 e. The molecule has 2 atom stereocenters. The van der Waals surface area contributed by atoms with Crippen LogP contribution < -0.4 is 5.32 Å². The van der Waals surface area contributed by atoms with Gasteiger partial charge in [-0.3, -0.25) is 0 Å². The Morgan fingerprint density at radius 2 is 1.94 bits per heavy atom. The summed E-state index contributed by atoms with van der Waals surface area (Å²) in [5.41, 5.74) is 0.978. The largest absolute Gasteiger partial charge is 0.307 e. The van der Waals surface area contributed by atoms with E-state index in [1.165, 1.54) is 0 Å². The van der Waals surface area contributed by atoms with E-state index < -0.39 is 9.84 Å². The molecule has 0 aromatic heterocycles. The molecule has 2 unspecified atom stereocenters. The van der Waals surface area contributed by atoms with Crippen LogP contribution in [0.25, 0.3) is 0 Å². The minimum absolute atomic E-state index is 0.130. The fourth-order valence-corrected chi connectivity index (χ4v) is 3.86. The van der Waals surface area contributed by atoms with Gasteiger partial charge in [-0.15, -0.1) is 0 Å². The van der Waals surface area contributed by atoms with E-state index in [2.05, 4.69) is 5.32 Å². The molecule has 17 heavy (non-hydrogen) atoms. The van der Waals surface area contributed by atoms with Gasteiger partial charge in [-0.1, -0.05) is 23.7 Å². The van der Waals surface area contributed by atoms with Gasteiger partial charge in [0, 0.05) is 17.1 Å². The molecule has 0 amide bonds. The lowest BCUT2D eigenvalue weighted by Gasteiger charge is -2.19. The normalized spacial score (nSPS) is 28.6. The number of benzene rings is 1. The highest BCUT2D eigenvalue weighted by Crippen LogP contribution is 2.22. The van der Waals surface area contributed by atoms with Crippen LogP contribution >= 0.6 is 11.6 Å². The molecule has 2 rings (SSSR count). The molecule has 5 heteroatoms. The monoisotopic (exact) mass is 273 g/mol. The summed E-state index contributed by atoms with van der Waals surface area (Å²) in [5, 5.41) is 4.01. The third-order valence-electron chi connectivity index (χ3n) is 3.04. The Morgan fingerprint density at radius 1 is 1.29 bits per heavy atom. The molecule has 1 aromatic rings. The number of hydrogen-bond donors (Lipinski definition) is 1. The smallest absolute Gasteiger partial charge is 0.152 e. The van der Waals surface area contributed by atoms with Crippen LogP contribution in [0.4, 0.5) is 0 Å². The van der Waals surface area contributed by atoms with E-state index in [-0.39, 0.29) is 23.6 Å². The van der Waals surface area contributed by atoms with Crippen LogP contribution in [0, 0.1) is 0 Å². The molecule has 0 radical (unpaired) electrons. The average Bonchev–Trinajstić information content (AvgIpc) is 2.39. The highest BCUT2D eigenvalue weighted by atomic mass is 35.5. The Morgan fingerprint density at radius 3 is 2.59 bits per heavy atom. The summed E-state index contributed by atoms with van der Waals surface area (Å²) in [7, 11) is -2.96. The molecule has 1 N–H and O–H groups in total. The number of sulfone groups is 1. The molecule has 0 aliphatic carbocycles. The van der Waals surface area contributed by atoms with Crippen molar-refractivity contribution in [1.82, 2.24) is 5.32 Å². The first-order valence-corrected chi connectivity index (χ1v) is 7.88. The van der Waals surface area contributed by atoms with E-state index in [9.17, 15) is 8.42 Å². The lowest BCUT2D eigenvalue weighted by atomic mass is 10.1. The highest BCUT2D eigenvalue weighted by Gasteiger charge is 2.26. The van der Waals surface area contributed by atoms with Crippen molar-refractivity contribution < 1.29 is 8.42 Å². The van der Waals surface area contributed by atoms with Gasteiger partial charge in [0.1, 0.15) is 0 Å². The van der Waals surface area contributed by atoms with Crippen LogP contribution in [0.15, 0.2) is 24.3 Å². The van der Waals surface area contributed by atoms with Gasteiger partial charge in [-0.05, 0) is 31.0 Å². The van der Waals surface area contributed by atoms with E-state index in [1.54, 1.807) is 12.1 Å². The summed E-state index contributed by atoms with van der Waals surface area (Å²) >= 11 is 5.83. The van der Waals surface area contributed by atoms with Gasteiger partial charge in [-0.2, -0.15) is 0 Å². The van der Waals surface area contributed by atoms with Crippen LogP contribution in [0.3, 0.4) is 0 Å². The Balaban J connectivity index is 2.26. The maximum atomic E-state index is 11.8. The van der Waals surface area contributed by atoms with E-state index in [0.29, 0.717) is 11.4 Å². The van der Waals surface area contributed by atoms with Crippen LogP contribution in [0.2, 0.25) is 5.02 Å². The second-order valence-corrected chi connectivity index (χ2v) is 7.24. The molecule has 1 fully saturated rings. The van der Waals surface area contributed by atoms with Gasteiger partial charge >= 0.3 is 0 Å². The molecule has 0 saturated carbocycles. The summed E-state index contributed by atoms with van der Waals surface area (Å²) in [4.78, 5) is 0. The first-order valence-electron chi connectivity index (χ1n) is 5.68. The van der Waals surface area contributed by atoms with Crippen molar-refractivity contribution >= 4 is 21.4 Å². The quantitative estimate of drug-likeness (QED) is 0.853. The second kappa shape index (κ2) is 4.96. The fourth-order valence-electron chi connectivity index (χ4n) is 2.06. The topological polar surface area (TPSA) is 46.2 Å². The molecule has 1 saturated heterocycles. The maximum absolute atomic E-state index is 11.8. The zero-order chi connectivity index (χ0) is 12.5. The van der Waals surface area contributed by atoms with Crippen molar-refractivity contribution in [1.29, 1.82) is 0 Å². The molecule has 1 aliphatic heterocycles. The Hall–Kier alpha value is -0.580. The van der Waals surface area contributed by atoms with Gasteiger partial charge in [0.15, 0.2) is 9.84 Å². The Bertz CT molecular complexity index is 484. The van der Waals surface area contributed by atoms with Gasteiger partial charge < -0.3 is 5.32 Å². The van der Waals surface area contributed by atoms with Crippen molar-refractivity contribution in [2.45, 2.75) is 25.4 Å². The van der Waals surface area contributed by atoms with Crippen molar-refractivity contribution in [3.8, 4) is 0 Å². The zero-order valence-corrected chi connectivity index (χ0v) is 11.3. The fraction of sp³-hybridized carbons (Fsp3) is 0.500. The van der Waals surface area contributed by atoms with Crippen LogP contribution in [-0.4, -0.2) is 26.0 Å². The minimum atomic E-state index is -2.96. The average molecular weight is 274 g/mol. The van der Waals surface area contributed by atoms with Crippen molar-refractivity contribution in [2.75, 3.05) is 11.5 Å². The second-order valence-electron chi connectivity index (χ2n) is 4.57. The first-order chi connectivity index (χ1) is 7.96.